The summed E-state index contributed by atoms with van der Waals surface area (Å²) in [6, 6.07) is 0. The van der Waals surface area contributed by atoms with E-state index in [1.165, 1.54) is 4.88 Å². The predicted molar refractivity (Wildman–Crippen MR) is 64.2 cm³/mol. The highest BCUT2D eigenvalue weighted by atomic mass is 32.1. The van der Waals surface area contributed by atoms with Crippen LogP contribution in [0.3, 0.4) is 0 Å². The third kappa shape index (κ3) is 3.13. The summed E-state index contributed by atoms with van der Waals surface area (Å²) in [5.41, 5.74) is 3.64. The molecule has 0 N–H and O–H groups in total. The molecule has 0 radical (unpaired) electrons. The van der Waals surface area contributed by atoms with Crippen LogP contribution in [-0.4, -0.2) is 11.3 Å². The van der Waals surface area contributed by atoms with Crippen LogP contribution in [0.25, 0.3) is 0 Å². The molecule has 0 amide bonds. The smallest absolute Gasteiger partial charge is 0.149 e. The van der Waals surface area contributed by atoms with Gasteiger partial charge < -0.3 is 0 Å². The molecule has 0 aliphatic carbocycles. The number of rotatable bonds is 4. The van der Waals surface area contributed by atoms with Crippen LogP contribution in [0, 0.1) is 6.92 Å². The van der Waals surface area contributed by atoms with Crippen molar-refractivity contribution in [1.82, 2.24) is 4.98 Å². The summed E-state index contributed by atoms with van der Waals surface area (Å²) in [6.45, 7) is 5.97. The molecule has 3 heteroatoms. The molecule has 1 unspecified atom stereocenters. The number of thiazole rings is 1. The van der Waals surface area contributed by atoms with E-state index in [2.05, 4.69) is 11.9 Å². The van der Waals surface area contributed by atoms with Crippen LogP contribution in [0.4, 0.5) is 0 Å². The van der Waals surface area contributed by atoms with E-state index in [1.54, 1.807) is 17.4 Å². The van der Waals surface area contributed by atoms with E-state index in [9.17, 15) is 4.79 Å². The van der Waals surface area contributed by atoms with Gasteiger partial charge in [0.2, 0.25) is 0 Å². The van der Waals surface area contributed by atoms with Crippen molar-refractivity contribution in [2.24, 2.45) is 0 Å². The highest BCUT2D eigenvalue weighted by Gasteiger charge is 2.07. The van der Waals surface area contributed by atoms with Crippen LogP contribution >= 0.6 is 11.3 Å². The average molecular weight is 221 g/mol. The van der Waals surface area contributed by atoms with Crippen molar-refractivity contribution in [1.29, 1.82) is 0 Å². The molecule has 0 spiro atoms. The van der Waals surface area contributed by atoms with Gasteiger partial charge in [0.05, 0.1) is 11.2 Å². The first-order valence-electron chi connectivity index (χ1n) is 4.88. The first-order chi connectivity index (χ1) is 7.19. The number of aromatic nitrogens is 1. The van der Waals surface area contributed by atoms with E-state index in [1.807, 2.05) is 31.5 Å². The van der Waals surface area contributed by atoms with Gasteiger partial charge in [-0.3, -0.25) is 4.79 Å². The fraction of sp³-hybridized carbons (Fsp3) is 0.333. The third-order valence-corrected chi connectivity index (χ3v) is 3.37. The number of carbonyl (C=O) groups is 1. The summed E-state index contributed by atoms with van der Waals surface area (Å²) in [4.78, 5) is 16.0. The molecule has 0 aliphatic heterocycles. The molecular formula is C12H15NOS. The largest absolute Gasteiger partial charge is 0.298 e. The van der Waals surface area contributed by atoms with Crippen LogP contribution in [-0.2, 0) is 4.79 Å². The Balaban J connectivity index is 2.76. The van der Waals surface area contributed by atoms with Gasteiger partial charge in [0.25, 0.3) is 0 Å². The van der Waals surface area contributed by atoms with Crippen molar-refractivity contribution in [2.75, 3.05) is 0 Å². The van der Waals surface area contributed by atoms with Crippen LogP contribution in [0.2, 0.25) is 0 Å². The SMILES string of the molecule is C/C=C(C=O)\C=C/C(C)c1scnc1C. The second kappa shape index (κ2) is 5.61. The van der Waals surface area contributed by atoms with Gasteiger partial charge in [-0.2, -0.15) is 0 Å². The maximum atomic E-state index is 10.6. The molecule has 0 fully saturated rings. The van der Waals surface area contributed by atoms with Crippen molar-refractivity contribution in [2.45, 2.75) is 26.7 Å². The van der Waals surface area contributed by atoms with Crippen molar-refractivity contribution < 1.29 is 4.79 Å². The summed E-state index contributed by atoms with van der Waals surface area (Å²) in [7, 11) is 0. The van der Waals surface area contributed by atoms with Crippen molar-refractivity contribution in [3.8, 4) is 0 Å². The van der Waals surface area contributed by atoms with Gasteiger partial charge in [-0.1, -0.05) is 25.2 Å². The maximum absolute atomic E-state index is 10.6. The maximum Gasteiger partial charge on any atom is 0.149 e. The van der Waals surface area contributed by atoms with E-state index in [0.29, 0.717) is 11.5 Å². The van der Waals surface area contributed by atoms with Crippen molar-refractivity contribution >= 4 is 17.6 Å². The zero-order chi connectivity index (χ0) is 11.3. The number of aldehydes is 1. The normalized spacial score (nSPS) is 14.5. The number of hydrogen-bond acceptors (Lipinski definition) is 3. The zero-order valence-corrected chi connectivity index (χ0v) is 10.0. The second-order valence-corrected chi connectivity index (χ2v) is 4.24. The lowest BCUT2D eigenvalue weighted by Crippen LogP contribution is -1.89. The summed E-state index contributed by atoms with van der Waals surface area (Å²) < 4.78 is 0. The van der Waals surface area contributed by atoms with Crippen LogP contribution in [0.15, 0.2) is 29.3 Å². The molecule has 0 aromatic carbocycles. The third-order valence-electron chi connectivity index (χ3n) is 2.24. The summed E-state index contributed by atoms with van der Waals surface area (Å²) >= 11 is 1.65. The lowest BCUT2D eigenvalue weighted by atomic mass is 10.1. The van der Waals surface area contributed by atoms with E-state index >= 15 is 0 Å². The molecule has 0 saturated heterocycles. The first-order valence-corrected chi connectivity index (χ1v) is 5.76. The molecule has 1 heterocycles. The van der Waals surface area contributed by atoms with Gasteiger partial charge in [-0.15, -0.1) is 11.3 Å². The Bertz CT molecular complexity index is 390. The van der Waals surface area contributed by atoms with Gasteiger partial charge in [0.1, 0.15) is 6.29 Å². The highest BCUT2D eigenvalue weighted by Crippen LogP contribution is 2.24. The van der Waals surface area contributed by atoms with Crippen LogP contribution in [0.1, 0.15) is 30.3 Å². The number of hydrogen-bond donors (Lipinski definition) is 0. The summed E-state index contributed by atoms with van der Waals surface area (Å²) in [6.07, 6.45) is 6.56. The monoisotopic (exact) mass is 221 g/mol. The molecule has 0 bridgehead atoms. The molecule has 1 rings (SSSR count). The number of carbonyl (C=O) groups excluding carboxylic acids is 1. The van der Waals surface area contributed by atoms with Gasteiger partial charge in [-0.05, 0) is 13.8 Å². The topological polar surface area (TPSA) is 30.0 Å². The van der Waals surface area contributed by atoms with Crippen LogP contribution < -0.4 is 0 Å². The van der Waals surface area contributed by atoms with Gasteiger partial charge in [0.15, 0.2) is 0 Å². The standard InChI is InChI=1S/C12H15NOS/c1-4-11(7-14)6-5-9(2)12-10(3)13-8-15-12/h4-9H,1-3H3/b6-5-,11-4+. The fourth-order valence-corrected chi connectivity index (χ4v) is 2.14. The Labute approximate surface area is 94.4 Å². The molecule has 1 aromatic heterocycles. The van der Waals surface area contributed by atoms with Crippen LogP contribution in [0.5, 0.6) is 0 Å². The van der Waals surface area contributed by atoms with Gasteiger partial charge in [-0.25, -0.2) is 4.98 Å². The number of aryl methyl sites for hydroxylation is 1. The highest BCUT2D eigenvalue weighted by molar-refractivity contribution is 7.09. The van der Waals surface area contributed by atoms with E-state index in [0.717, 1.165) is 12.0 Å². The van der Waals surface area contributed by atoms with Crippen molar-refractivity contribution in [3.63, 3.8) is 0 Å². The predicted octanol–water partition coefficient (Wildman–Crippen LogP) is 3.26. The molecule has 1 atom stereocenters. The lowest BCUT2D eigenvalue weighted by molar-refractivity contribution is -0.104. The van der Waals surface area contributed by atoms with Gasteiger partial charge in [0, 0.05) is 16.4 Å². The molecule has 80 valence electrons. The molecular weight excluding hydrogens is 206 g/mol. The quantitative estimate of drug-likeness (QED) is 0.444. The van der Waals surface area contributed by atoms with E-state index in [-0.39, 0.29) is 0 Å². The Morgan fingerprint density at radius 1 is 1.60 bits per heavy atom. The Hall–Kier alpha value is -1.22. The van der Waals surface area contributed by atoms with Gasteiger partial charge >= 0.3 is 0 Å². The minimum absolute atomic E-state index is 0.312. The minimum atomic E-state index is 0.312. The second-order valence-electron chi connectivity index (χ2n) is 3.36. The average Bonchev–Trinajstić information content (AvgIpc) is 2.66. The molecule has 2 nitrogen and oxygen atoms in total. The molecule has 15 heavy (non-hydrogen) atoms. The summed E-state index contributed by atoms with van der Waals surface area (Å²) in [5.74, 6) is 0.312. The number of allylic oxidation sites excluding steroid dienone is 4. The van der Waals surface area contributed by atoms with E-state index in [4.69, 9.17) is 0 Å². The fourth-order valence-electron chi connectivity index (χ4n) is 1.29. The minimum Gasteiger partial charge on any atom is -0.298 e. The summed E-state index contributed by atoms with van der Waals surface area (Å²) in [5, 5.41) is 0. The number of nitrogens with zero attached hydrogens (tertiary/aromatic N) is 1. The zero-order valence-electron chi connectivity index (χ0n) is 9.23. The first kappa shape index (κ1) is 11.9. The molecule has 1 aromatic rings. The Morgan fingerprint density at radius 3 is 2.80 bits per heavy atom. The molecule has 0 aliphatic rings. The van der Waals surface area contributed by atoms with E-state index < -0.39 is 0 Å². The molecule has 0 saturated carbocycles. The Kier molecular flexibility index (Phi) is 4.43. The van der Waals surface area contributed by atoms with Crippen molar-refractivity contribution in [3.05, 3.63) is 39.9 Å². The lowest BCUT2D eigenvalue weighted by Gasteiger charge is -2.03. The Morgan fingerprint density at radius 2 is 2.33 bits per heavy atom.